The van der Waals surface area contributed by atoms with E-state index in [1.165, 1.54) is 12.1 Å². The molecule has 1 atom stereocenters. The van der Waals surface area contributed by atoms with Gasteiger partial charge in [-0.1, -0.05) is 11.6 Å². The van der Waals surface area contributed by atoms with E-state index in [-0.39, 0.29) is 16.2 Å². The Morgan fingerprint density at radius 2 is 2.00 bits per heavy atom. The number of thiophene rings is 1. The fourth-order valence-electron chi connectivity index (χ4n) is 2.51. The molecule has 1 amide bonds. The number of benzene rings is 1. The summed E-state index contributed by atoms with van der Waals surface area (Å²) in [6, 6.07) is 9.36. The summed E-state index contributed by atoms with van der Waals surface area (Å²) < 4.78 is 33.0. The van der Waals surface area contributed by atoms with E-state index in [0.717, 1.165) is 11.3 Å². The first-order valence-corrected chi connectivity index (χ1v) is 10.3. The molecule has 1 unspecified atom stereocenters. The topological polar surface area (TPSA) is 75.7 Å². The molecule has 0 bridgehead atoms. The van der Waals surface area contributed by atoms with Crippen molar-refractivity contribution in [2.45, 2.75) is 17.2 Å². The van der Waals surface area contributed by atoms with Gasteiger partial charge in [-0.15, -0.1) is 11.3 Å². The number of anilines is 1. The predicted molar refractivity (Wildman–Crippen MR) is 97.9 cm³/mol. The van der Waals surface area contributed by atoms with E-state index in [2.05, 4.69) is 4.72 Å². The zero-order valence-electron chi connectivity index (χ0n) is 13.4. The van der Waals surface area contributed by atoms with Gasteiger partial charge in [-0.25, -0.2) is 8.42 Å². The van der Waals surface area contributed by atoms with Crippen LogP contribution in [0, 0.1) is 0 Å². The molecule has 1 aliphatic heterocycles. The number of morpholine rings is 1. The van der Waals surface area contributed by atoms with Gasteiger partial charge in [-0.05, 0) is 43.3 Å². The lowest BCUT2D eigenvalue weighted by molar-refractivity contribution is -0.0124. The van der Waals surface area contributed by atoms with Crippen LogP contribution in [0.15, 0.2) is 40.6 Å². The van der Waals surface area contributed by atoms with Gasteiger partial charge >= 0.3 is 0 Å². The quantitative estimate of drug-likeness (QED) is 0.855. The molecule has 1 N–H and O–H groups in total. The van der Waals surface area contributed by atoms with Gasteiger partial charge in [-0.3, -0.25) is 9.52 Å². The average Bonchev–Trinajstić information content (AvgIpc) is 3.02. The average molecular weight is 401 g/mol. The van der Waals surface area contributed by atoms with Gasteiger partial charge in [0.2, 0.25) is 0 Å². The minimum absolute atomic E-state index is 0.0152. The highest BCUT2D eigenvalue weighted by Gasteiger charge is 2.22. The molecule has 0 aliphatic carbocycles. The summed E-state index contributed by atoms with van der Waals surface area (Å²) in [5.74, 6) is -0.0883. The first-order chi connectivity index (χ1) is 11.8. The highest BCUT2D eigenvalue weighted by atomic mass is 35.5. The van der Waals surface area contributed by atoms with E-state index in [4.69, 9.17) is 16.3 Å². The molecule has 25 heavy (non-hydrogen) atoms. The zero-order valence-corrected chi connectivity index (χ0v) is 15.8. The number of ether oxygens (including phenoxy) is 1. The van der Waals surface area contributed by atoms with Crippen LogP contribution >= 0.6 is 22.9 Å². The van der Waals surface area contributed by atoms with Crippen molar-refractivity contribution in [3.05, 3.63) is 46.3 Å². The van der Waals surface area contributed by atoms with Gasteiger partial charge in [-0.2, -0.15) is 0 Å². The maximum atomic E-state index is 12.5. The lowest BCUT2D eigenvalue weighted by atomic mass is 10.1. The molecule has 3 rings (SSSR count). The molecule has 2 heterocycles. The van der Waals surface area contributed by atoms with Crippen LogP contribution in [0.3, 0.4) is 0 Å². The molecule has 1 aromatic heterocycles. The number of rotatable bonds is 4. The summed E-state index contributed by atoms with van der Waals surface area (Å²) in [6.07, 6.45) is 0.0152. The maximum absolute atomic E-state index is 12.5. The number of amides is 1. The molecule has 1 fully saturated rings. The number of nitrogens with zero attached hydrogens (tertiary/aromatic N) is 1. The van der Waals surface area contributed by atoms with Crippen LogP contribution in [-0.4, -0.2) is 45.0 Å². The molecule has 0 saturated carbocycles. The number of carbonyl (C=O) groups excluding carboxylic acids is 1. The van der Waals surface area contributed by atoms with E-state index in [1.807, 2.05) is 6.92 Å². The highest BCUT2D eigenvalue weighted by Crippen LogP contribution is 2.27. The largest absolute Gasteiger partial charge is 0.375 e. The normalized spacial score (nSPS) is 18.2. The van der Waals surface area contributed by atoms with Crippen molar-refractivity contribution in [3.63, 3.8) is 0 Å². The molecular formula is C16H17ClN2O4S2. The summed E-state index contributed by atoms with van der Waals surface area (Å²) in [7, 11) is -3.68. The van der Waals surface area contributed by atoms with Crippen LogP contribution in [0.1, 0.15) is 17.3 Å². The Labute approximate surface area is 155 Å². The van der Waals surface area contributed by atoms with Crippen LogP contribution in [0.5, 0.6) is 0 Å². The number of sulfonamides is 1. The SMILES string of the molecule is CC1CN(C(=O)c2ccc(NS(=O)(=O)c3ccc(Cl)s3)cc2)CCO1. The highest BCUT2D eigenvalue weighted by molar-refractivity contribution is 7.94. The summed E-state index contributed by atoms with van der Waals surface area (Å²) >= 11 is 6.77. The third kappa shape index (κ3) is 4.33. The summed E-state index contributed by atoms with van der Waals surface area (Å²) in [6.45, 7) is 3.55. The molecule has 1 aromatic carbocycles. The number of carbonyl (C=O) groups is 1. The molecular weight excluding hydrogens is 384 g/mol. The molecule has 9 heteroatoms. The van der Waals surface area contributed by atoms with Gasteiger partial charge < -0.3 is 9.64 Å². The van der Waals surface area contributed by atoms with E-state index < -0.39 is 10.0 Å². The maximum Gasteiger partial charge on any atom is 0.271 e. The third-order valence-corrected chi connectivity index (χ3v) is 6.83. The van der Waals surface area contributed by atoms with E-state index in [0.29, 0.717) is 35.3 Å². The monoisotopic (exact) mass is 400 g/mol. The van der Waals surface area contributed by atoms with Gasteiger partial charge in [0.1, 0.15) is 4.21 Å². The molecule has 1 saturated heterocycles. The van der Waals surface area contributed by atoms with Crippen molar-refractivity contribution >= 4 is 44.6 Å². The van der Waals surface area contributed by atoms with Crippen molar-refractivity contribution in [2.75, 3.05) is 24.4 Å². The fraction of sp³-hybridized carbons (Fsp3) is 0.312. The number of hydrogen-bond donors (Lipinski definition) is 1. The molecule has 0 spiro atoms. The van der Waals surface area contributed by atoms with Crippen molar-refractivity contribution < 1.29 is 17.9 Å². The summed E-state index contributed by atoms with van der Waals surface area (Å²) in [5.41, 5.74) is 0.896. The fourth-order valence-corrected chi connectivity index (χ4v) is 5.06. The molecule has 1 aliphatic rings. The minimum atomic E-state index is -3.68. The van der Waals surface area contributed by atoms with Crippen LogP contribution in [-0.2, 0) is 14.8 Å². The number of halogens is 1. The van der Waals surface area contributed by atoms with Gasteiger partial charge in [0.15, 0.2) is 0 Å². The Morgan fingerprint density at radius 3 is 2.60 bits per heavy atom. The van der Waals surface area contributed by atoms with Crippen molar-refractivity contribution in [1.29, 1.82) is 0 Å². The predicted octanol–water partition coefficient (Wildman–Crippen LogP) is 3.06. The molecule has 134 valence electrons. The van der Waals surface area contributed by atoms with Crippen LogP contribution < -0.4 is 4.72 Å². The molecule has 6 nitrogen and oxygen atoms in total. The number of nitrogens with one attached hydrogen (secondary N) is 1. The van der Waals surface area contributed by atoms with Gasteiger partial charge in [0.25, 0.3) is 15.9 Å². The first kappa shape index (κ1) is 18.2. The van der Waals surface area contributed by atoms with Gasteiger partial charge in [0, 0.05) is 24.3 Å². The lowest BCUT2D eigenvalue weighted by Crippen LogP contribution is -2.44. The van der Waals surface area contributed by atoms with Crippen molar-refractivity contribution in [3.8, 4) is 0 Å². The first-order valence-electron chi connectivity index (χ1n) is 7.64. The van der Waals surface area contributed by atoms with Crippen LogP contribution in [0.2, 0.25) is 4.34 Å². The Morgan fingerprint density at radius 1 is 1.28 bits per heavy atom. The zero-order chi connectivity index (χ0) is 18.0. The van der Waals surface area contributed by atoms with Crippen molar-refractivity contribution in [1.82, 2.24) is 4.90 Å². The second-order valence-electron chi connectivity index (χ2n) is 5.67. The van der Waals surface area contributed by atoms with Crippen molar-refractivity contribution in [2.24, 2.45) is 0 Å². The van der Waals surface area contributed by atoms with Crippen LogP contribution in [0.25, 0.3) is 0 Å². The Bertz CT molecular complexity index is 865. The third-order valence-electron chi connectivity index (χ3n) is 3.73. The second kappa shape index (κ2) is 7.33. The molecule has 2 aromatic rings. The van der Waals surface area contributed by atoms with E-state index in [9.17, 15) is 13.2 Å². The molecule has 0 radical (unpaired) electrons. The standard InChI is InChI=1S/C16H17ClN2O4S2/c1-11-10-19(8-9-23-11)16(20)12-2-4-13(5-3-12)18-25(21,22)15-7-6-14(17)24-15/h2-7,11,18H,8-10H2,1H3. The number of hydrogen-bond acceptors (Lipinski definition) is 5. The Hall–Kier alpha value is -1.61. The van der Waals surface area contributed by atoms with Gasteiger partial charge in [0.05, 0.1) is 17.0 Å². The van der Waals surface area contributed by atoms with E-state index >= 15 is 0 Å². The lowest BCUT2D eigenvalue weighted by Gasteiger charge is -2.31. The summed E-state index contributed by atoms with van der Waals surface area (Å²) in [5, 5.41) is 0. The van der Waals surface area contributed by atoms with Crippen LogP contribution in [0.4, 0.5) is 5.69 Å². The Balaban J connectivity index is 1.71. The smallest absolute Gasteiger partial charge is 0.271 e. The second-order valence-corrected chi connectivity index (χ2v) is 9.30. The van der Waals surface area contributed by atoms with E-state index in [1.54, 1.807) is 29.2 Å². The minimum Gasteiger partial charge on any atom is -0.375 e. The summed E-state index contributed by atoms with van der Waals surface area (Å²) in [4.78, 5) is 14.2. The Kier molecular flexibility index (Phi) is 5.33.